The molecule has 5 heteroatoms. The number of halogens is 2. The maximum Gasteiger partial charge on any atom is 0.419 e. The molecule has 2 aromatic carbocycles. The normalized spacial score (nSPS) is 11.2. The Morgan fingerprint density at radius 1 is 1.09 bits per heavy atom. The summed E-state index contributed by atoms with van der Waals surface area (Å²) in [6.45, 7) is 6.16. The molecule has 23 heavy (non-hydrogen) atoms. The molecule has 0 N–H and O–H groups in total. The lowest BCUT2D eigenvalue weighted by molar-refractivity contribution is 0.209. The number of anilines is 1. The third-order valence-electron chi connectivity index (χ3n) is 3.42. The smallest absolute Gasteiger partial charge is 0.410 e. The standard InChI is InChI=1S/C18H19Cl2NO2/c1-18(2,3)15-11-14(8-9-16(15)20)23-17(22)21(4)13-7-5-6-12(19)10-13/h5-11H,1-4H3. The van der Waals surface area contributed by atoms with E-state index >= 15 is 0 Å². The number of carbonyl (C=O) groups excluding carboxylic acids is 1. The summed E-state index contributed by atoms with van der Waals surface area (Å²) in [6, 6.07) is 12.2. The van der Waals surface area contributed by atoms with Gasteiger partial charge in [-0.15, -0.1) is 0 Å². The first-order valence-corrected chi connectivity index (χ1v) is 7.95. The molecule has 2 rings (SSSR count). The zero-order valence-electron chi connectivity index (χ0n) is 13.6. The molecule has 0 aliphatic carbocycles. The van der Waals surface area contributed by atoms with Gasteiger partial charge in [0.05, 0.1) is 0 Å². The molecule has 122 valence electrons. The van der Waals surface area contributed by atoms with Crippen molar-refractivity contribution >= 4 is 35.0 Å². The average molecular weight is 352 g/mol. The lowest BCUT2D eigenvalue weighted by Crippen LogP contribution is -2.29. The van der Waals surface area contributed by atoms with Gasteiger partial charge in [-0.3, -0.25) is 4.90 Å². The topological polar surface area (TPSA) is 29.5 Å². The van der Waals surface area contributed by atoms with Crippen molar-refractivity contribution < 1.29 is 9.53 Å². The third-order valence-corrected chi connectivity index (χ3v) is 3.99. The highest BCUT2D eigenvalue weighted by molar-refractivity contribution is 6.31. The van der Waals surface area contributed by atoms with Crippen molar-refractivity contribution in [1.29, 1.82) is 0 Å². The maximum atomic E-state index is 12.3. The number of benzene rings is 2. The van der Waals surface area contributed by atoms with E-state index in [4.69, 9.17) is 27.9 Å². The summed E-state index contributed by atoms with van der Waals surface area (Å²) in [5.74, 6) is 0.457. The van der Waals surface area contributed by atoms with Gasteiger partial charge in [0, 0.05) is 22.8 Å². The number of hydrogen-bond acceptors (Lipinski definition) is 2. The second kappa shape index (κ2) is 6.81. The fourth-order valence-electron chi connectivity index (χ4n) is 2.10. The molecular weight excluding hydrogens is 333 g/mol. The van der Waals surface area contributed by atoms with Crippen molar-refractivity contribution in [2.24, 2.45) is 0 Å². The third kappa shape index (κ3) is 4.40. The summed E-state index contributed by atoms with van der Waals surface area (Å²) in [5.41, 5.74) is 1.45. The Kier molecular flexibility index (Phi) is 5.23. The minimum Gasteiger partial charge on any atom is -0.410 e. The van der Waals surface area contributed by atoms with E-state index in [9.17, 15) is 4.79 Å². The van der Waals surface area contributed by atoms with Gasteiger partial charge in [-0.05, 0) is 47.4 Å². The number of nitrogens with zero attached hydrogens (tertiary/aromatic N) is 1. The molecule has 0 aromatic heterocycles. The van der Waals surface area contributed by atoms with Crippen LogP contribution in [0.2, 0.25) is 10.0 Å². The molecule has 0 bridgehead atoms. The molecule has 3 nitrogen and oxygen atoms in total. The monoisotopic (exact) mass is 351 g/mol. The van der Waals surface area contributed by atoms with E-state index in [1.54, 1.807) is 49.5 Å². The van der Waals surface area contributed by atoms with Crippen LogP contribution in [0.25, 0.3) is 0 Å². The molecule has 0 unspecified atom stereocenters. The van der Waals surface area contributed by atoms with Crippen molar-refractivity contribution in [3.63, 3.8) is 0 Å². The summed E-state index contributed by atoms with van der Waals surface area (Å²) in [5, 5.41) is 1.21. The fraction of sp³-hybridized carbons (Fsp3) is 0.278. The van der Waals surface area contributed by atoms with Crippen LogP contribution >= 0.6 is 23.2 Å². The van der Waals surface area contributed by atoms with Crippen LogP contribution in [0.5, 0.6) is 5.75 Å². The average Bonchev–Trinajstić information content (AvgIpc) is 2.47. The highest BCUT2D eigenvalue weighted by Crippen LogP contribution is 2.32. The fourth-order valence-corrected chi connectivity index (χ4v) is 2.69. The van der Waals surface area contributed by atoms with E-state index < -0.39 is 6.09 Å². The zero-order valence-corrected chi connectivity index (χ0v) is 15.1. The van der Waals surface area contributed by atoms with Crippen molar-refractivity contribution in [1.82, 2.24) is 0 Å². The predicted molar refractivity (Wildman–Crippen MR) is 96.0 cm³/mol. The van der Waals surface area contributed by atoms with Crippen molar-refractivity contribution in [2.45, 2.75) is 26.2 Å². The summed E-state index contributed by atoms with van der Waals surface area (Å²) in [7, 11) is 1.63. The Labute approximate surface area is 146 Å². The Morgan fingerprint density at radius 2 is 1.78 bits per heavy atom. The molecule has 0 spiro atoms. The number of ether oxygens (including phenoxy) is 1. The first kappa shape index (κ1) is 17.6. The van der Waals surface area contributed by atoms with Gasteiger partial charge >= 0.3 is 6.09 Å². The quantitative estimate of drug-likeness (QED) is 0.671. The van der Waals surface area contributed by atoms with E-state index in [0.29, 0.717) is 21.5 Å². The van der Waals surface area contributed by atoms with E-state index in [-0.39, 0.29) is 5.41 Å². The van der Waals surface area contributed by atoms with Gasteiger partial charge in [-0.25, -0.2) is 4.79 Å². The van der Waals surface area contributed by atoms with Gasteiger partial charge in [-0.2, -0.15) is 0 Å². The van der Waals surface area contributed by atoms with Gasteiger partial charge in [0.15, 0.2) is 0 Å². The molecule has 0 fully saturated rings. The molecule has 0 heterocycles. The Hall–Kier alpha value is -1.71. The van der Waals surface area contributed by atoms with Crippen LogP contribution in [0.3, 0.4) is 0 Å². The Balaban J connectivity index is 2.20. The summed E-state index contributed by atoms with van der Waals surface area (Å²) < 4.78 is 5.45. The first-order chi connectivity index (χ1) is 10.7. The number of amides is 1. The predicted octanol–water partition coefficient (Wildman–Crippen LogP) is 5.93. The Bertz CT molecular complexity index is 723. The van der Waals surface area contributed by atoms with Crippen LogP contribution in [0.1, 0.15) is 26.3 Å². The Morgan fingerprint density at radius 3 is 2.39 bits per heavy atom. The van der Waals surface area contributed by atoms with Gasteiger partial charge in [0.2, 0.25) is 0 Å². The number of hydrogen-bond donors (Lipinski definition) is 0. The van der Waals surface area contributed by atoms with E-state index in [0.717, 1.165) is 5.56 Å². The minimum atomic E-state index is -0.491. The van der Waals surface area contributed by atoms with Crippen LogP contribution in [0.4, 0.5) is 10.5 Å². The van der Waals surface area contributed by atoms with Gasteiger partial charge < -0.3 is 4.74 Å². The van der Waals surface area contributed by atoms with E-state index in [2.05, 4.69) is 20.8 Å². The second-order valence-electron chi connectivity index (χ2n) is 6.30. The SMILES string of the molecule is CN(C(=O)Oc1ccc(Cl)c(C(C)(C)C)c1)c1cccc(Cl)c1. The van der Waals surface area contributed by atoms with Gasteiger partial charge in [0.25, 0.3) is 0 Å². The van der Waals surface area contributed by atoms with Crippen molar-refractivity contribution in [3.8, 4) is 5.75 Å². The van der Waals surface area contributed by atoms with Crippen molar-refractivity contribution in [3.05, 3.63) is 58.1 Å². The summed E-state index contributed by atoms with van der Waals surface area (Å²) in [4.78, 5) is 13.7. The zero-order chi connectivity index (χ0) is 17.2. The lowest BCUT2D eigenvalue weighted by atomic mass is 9.87. The number of rotatable bonds is 2. The largest absolute Gasteiger partial charge is 0.419 e. The van der Waals surface area contributed by atoms with Crippen LogP contribution in [-0.2, 0) is 5.41 Å². The minimum absolute atomic E-state index is 0.141. The van der Waals surface area contributed by atoms with Gasteiger partial charge in [0.1, 0.15) is 5.75 Å². The summed E-state index contributed by atoms with van der Waals surface area (Å²) >= 11 is 12.2. The van der Waals surface area contributed by atoms with Crippen LogP contribution in [0, 0.1) is 0 Å². The highest BCUT2D eigenvalue weighted by Gasteiger charge is 2.20. The second-order valence-corrected chi connectivity index (χ2v) is 7.14. The molecule has 0 aliphatic rings. The molecule has 2 aromatic rings. The molecule has 0 saturated heterocycles. The van der Waals surface area contributed by atoms with Crippen LogP contribution in [0.15, 0.2) is 42.5 Å². The molecule has 0 atom stereocenters. The summed E-state index contributed by atoms with van der Waals surface area (Å²) in [6.07, 6.45) is -0.491. The van der Waals surface area contributed by atoms with Crippen molar-refractivity contribution in [2.75, 3.05) is 11.9 Å². The number of carbonyl (C=O) groups is 1. The molecular formula is C18H19Cl2NO2. The van der Waals surface area contributed by atoms with E-state index in [1.165, 1.54) is 4.90 Å². The lowest BCUT2D eigenvalue weighted by Gasteiger charge is -2.22. The molecule has 1 amide bonds. The van der Waals surface area contributed by atoms with Gasteiger partial charge in [-0.1, -0.05) is 50.0 Å². The molecule has 0 saturated carbocycles. The molecule has 0 aliphatic heterocycles. The van der Waals surface area contributed by atoms with E-state index in [1.807, 2.05) is 0 Å². The first-order valence-electron chi connectivity index (χ1n) is 7.19. The van der Waals surface area contributed by atoms with Crippen LogP contribution < -0.4 is 9.64 Å². The molecule has 0 radical (unpaired) electrons. The van der Waals surface area contributed by atoms with Crippen LogP contribution in [-0.4, -0.2) is 13.1 Å². The highest BCUT2D eigenvalue weighted by atomic mass is 35.5. The maximum absolute atomic E-state index is 12.3.